The quantitative estimate of drug-likeness (QED) is 0.785. The molecule has 0 aromatic heterocycles. The maximum Gasteiger partial charge on any atom is 0.184 e. The Morgan fingerprint density at radius 1 is 1.30 bits per heavy atom. The first-order valence-electron chi connectivity index (χ1n) is 8.65. The van der Waals surface area contributed by atoms with Crippen molar-refractivity contribution in [1.29, 1.82) is 0 Å². The SMILES string of the molecule is CCCOc1c(N)cc(CC2C(O)C3CCN2CC3)cc1OC. The van der Waals surface area contributed by atoms with E-state index in [4.69, 9.17) is 15.2 Å². The van der Waals surface area contributed by atoms with Gasteiger partial charge in [-0.25, -0.2) is 0 Å². The van der Waals surface area contributed by atoms with Crippen molar-refractivity contribution < 1.29 is 14.6 Å². The molecule has 2 atom stereocenters. The van der Waals surface area contributed by atoms with Gasteiger partial charge in [0.1, 0.15) is 0 Å². The lowest BCUT2D eigenvalue weighted by Gasteiger charge is -2.49. The molecule has 3 saturated heterocycles. The first-order valence-corrected chi connectivity index (χ1v) is 8.65. The highest BCUT2D eigenvalue weighted by atomic mass is 16.5. The van der Waals surface area contributed by atoms with E-state index in [0.717, 1.165) is 44.3 Å². The van der Waals surface area contributed by atoms with Crippen LogP contribution in [-0.4, -0.2) is 49.0 Å². The van der Waals surface area contributed by atoms with E-state index in [9.17, 15) is 5.11 Å². The minimum absolute atomic E-state index is 0.189. The number of aliphatic hydroxyl groups excluding tert-OH is 1. The van der Waals surface area contributed by atoms with Crippen molar-refractivity contribution in [3.63, 3.8) is 0 Å². The standard InChI is InChI=1S/C18H28N2O3/c1-3-8-23-18-14(19)9-12(11-16(18)22-2)10-15-17(21)13-4-6-20(15)7-5-13/h9,11,13,15,17,21H,3-8,10,19H2,1-2H3. The fourth-order valence-electron chi connectivity index (χ4n) is 3.93. The highest BCUT2D eigenvalue weighted by Gasteiger charge is 2.41. The third-order valence-electron chi connectivity index (χ3n) is 5.18. The van der Waals surface area contributed by atoms with Gasteiger partial charge in [0, 0.05) is 6.04 Å². The normalized spacial score (nSPS) is 29.5. The predicted octanol–water partition coefficient (Wildman–Crippen LogP) is 2.06. The van der Waals surface area contributed by atoms with Crippen LogP contribution in [0.3, 0.4) is 0 Å². The van der Waals surface area contributed by atoms with Crippen LogP contribution >= 0.6 is 0 Å². The van der Waals surface area contributed by atoms with Crippen molar-refractivity contribution in [2.45, 2.75) is 44.8 Å². The minimum atomic E-state index is -0.235. The van der Waals surface area contributed by atoms with Crippen LogP contribution in [0.25, 0.3) is 0 Å². The summed E-state index contributed by atoms with van der Waals surface area (Å²) in [5.74, 6) is 1.76. The highest BCUT2D eigenvalue weighted by molar-refractivity contribution is 5.62. The third kappa shape index (κ3) is 3.26. The number of methoxy groups -OCH3 is 1. The highest BCUT2D eigenvalue weighted by Crippen LogP contribution is 2.38. The van der Waals surface area contributed by atoms with Crippen molar-refractivity contribution in [1.82, 2.24) is 4.90 Å². The number of ether oxygens (including phenoxy) is 2. The Bertz CT molecular complexity index is 539. The number of nitrogens with zero attached hydrogens (tertiary/aromatic N) is 1. The Morgan fingerprint density at radius 3 is 2.65 bits per heavy atom. The average molecular weight is 320 g/mol. The minimum Gasteiger partial charge on any atom is -0.493 e. The van der Waals surface area contributed by atoms with Crippen LogP contribution in [0.2, 0.25) is 0 Å². The summed E-state index contributed by atoms with van der Waals surface area (Å²) in [6.45, 7) is 4.87. The van der Waals surface area contributed by atoms with E-state index in [1.54, 1.807) is 7.11 Å². The van der Waals surface area contributed by atoms with Gasteiger partial charge in [0.2, 0.25) is 0 Å². The predicted molar refractivity (Wildman–Crippen MR) is 91.0 cm³/mol. The van der Waals surface area contributed by atoms with Gasteiger partial charge in [-0.2, -0.15) is 0 Å². The maximum atomic E-state index is 10.6. The van der Waals surface area contributed by atoms with Gasteiger partial charge in [-0.15, -0.1) is 0 Å². The molecule has 3 aliphatic rings. The molecule has 2 bridgehead atoms. The topological polar surface area (TPSA) is 68.0 Å². The molecule has 128 valence electrons. The molecule has 3 fully saturated rings. The lowest BCUT2D eigenvalue weighted by Crippen LogP contribution is -2.58. The van der Waals surface area contributed by atoms with E-state index < -0.39 is 0 Å². The number of hydrogen-bond acceptors (Lipinski definition) is 5. The molecular weight excluding hydrogens is 292 g/mol. The molecule has 0 amide bonds. The lowest BCUT2D eigenvalue weighted by molar-refractivity contribution is -0.0715. The van der Waals surface area contributed by atoms with Crippen molar-refractivity contribution >= 4 is 5.69 Å². The molecule has 1 aromatic rings. The lowest BCUT2D eigenvalue weighted by atomic mass is 9.78. The van der Waals surface area contributed by atoms with Crippen LogP contribution < -0.4 is 15.2 Å². The van der Waals surface area contributed by atoms with Crippen molar-refractivity contribution in [3.05, 3.63) is 17.7 Å². The third-order valence-corrected chi connectivity index (χ3v) is 5.18. The largest absolute Gasteiger partial charge is 0.493 e. The average Bonchev–Trinajstić information content (AvgIpc) is 2.57. The molecule has 5 heteroatoms. The Labute approximate surface area is 138 Å². The number of nitrogens with two attached hydrogens (primary N) is 1. The first kappa shape index (κ1) is 16.4. The van der Waals surface area contributed by atoms with Crippen LogP contribution in [0.15, 0.2) is 12.1 Å². The monoisotopic (exact) mass is 320 g/mol. The van der Waals surface area contributed by atoms with Crippen LogP contribution in [0.4, 0.5) is 5.69 Å². The maximum absolute atomic E-state index is 10.6. The molecular formula is C18H28N2O3. The van der Waals surface area contributed by atoms with Crippen molar-refractivity contribution in [3.8, 4) is 11.5 Å². The second kappa shape index (κ2) is 6.97. The van der Waals surface area contributed by atoms with Gasteiger partial charge in [0.25, 0.3) is 0 Å². The summed E-state index contributed by atoms with van der Waals surface area (Å²) in [7, 11) is 1.64. The van der Waals surface area contributed by atoms with E-state index in [0.29, 0.717) is 29.7 Å². The van der Waals surface area contributed by atoms with Gasteiger partial charge in [-0.1, -0.05) is 6.92 Å². The molecule has 1 aromatic carbocycles. The number of fused-ring (bicyclic) bond motifs is 3. The summed E-state index contributed by atoms with van der Waals surface area (Å²) in [5.41, 5.74) is 7.88. The van der Waals surface area contributed by atoms with Gasteiger partial charge < -0.3 is 20.3 Å². The number of aliphatic hydroxyl groups is 1. The van der Waals surface area contributed by atoms with E-state index in [1.165, 1.54) is 0 Å². The number of anilines is 1. The Morgan fingerprint density at radius 2 is 2.04 bits per heavy atom. The molecule has 5 nitrogen and oxygen atoms in total. The van der Waals surface area contributed by atoms with Gasteiger partial charge >= 0.3 is 0 Å². The van der Waals surface area contributed by atoms with Gasteiger partial charge in [0.15, 0.2) is 11.5 Å². The Hall–Kier alpha value is -1.46. The van der Waals surface area contributed by atoms with Crippen LogP contribution in [0, 0.1) is 5.92 Å². The summed E-state index contributed by atoms with van der Waals surface area (Å²) < 4.78 is 11.2. The van der Waals surface area contributed by atoms with Gasteiger partial charge in [0.05, 0.1) is 25.5 Å². The summed E-state index contributed by atoms with van der Waals surface area (Å²) in [4.78, 5) is 2.41. The van der Waals surface area contributed by atoms with Gasteiger partial charge in [-0.3, -0.25) is 4.90 Å². The van der Waals surface area contributed by atoms with Crippen LogP contribution in [-0.2, 0) is 6.42 Å². The van der Waals surface area contributed by atoms with Crippen molar-refractivity contribution in [2.75, 3.05) is 32.5 Å². The number of benzene rings is 1. The fourth-order valence-corrected chi connectivity index (χ4v) is 3.93. The molecule has 2 unspecified atom stereocenters. The van der Waals surface area contributed by atoms with Gasteiger partial charge in [-0.05, 0) is 62.4 Å². The zero-order valence-electron chi connectivity index (χ0n) is 14.1. The summed E-state index contributed by atoms with van der Waals surface area (Å²) in [6, 6.07) is 4.15. The van der Waals surface area contributed by atoms with Crippen LogP contribution in [0.1, 0.15) is 31.7 Å². The summed E-state index contributed by atoms with van der Waals surface area (Å²) in [6.07, 6.45) is 3.72. The zero-order valence-corrected chi connectivity index (χ0v) is 14.1. The van der Waals surface area contributed by atoms with E-state index in [1.807, 2.05) is 12.1 Å². The number of piperidine rings is 3. The smallest absolute Gasteiger partial charge is 0.184 e. The molecule has 3 aliphatic heterocycles. The van der Waals surface area contributed by atoms with Crippen LogP contribution in [0.5, 0.6) is 11.5 Å². The number of rotatable bonds is 6. The van der Waals surface area contributed by atoms with E-state index in [2.05, 4.69) is 11.8 Å². The Balaban J connectivity index is 1.79. The summed E-state index contributed by atoms with van der Waals surface area (Å²) in [5, 5.41) is 10.6. The second-order valence-electron chi connectivity index (χ2n) is 6.70. The molecule has 0 aliphatic carbocycles. The molecule has 0 spiro atoms. The molecule has 0 radical (unpaired) electrons. The van der Waals surface area contributed by atoms with E-state index >= 15 is 0 Å². The second-order valence-corrected chi connectivity index (χ2v) is 6.70. The molecule has 23 heavy (non-hydrogen) atoms. The summed E-state index contributed by atoms with van der Waals surface area (Å²) >= 11 is 0. The molecule has 0 saturated carbocycles. The van der Waals surface area contributed by atoms with E-state index in [-0.39, 0.29) is 12.1 Å². The number of nitrogen functional groups attached to an aromatic ring is 1. The first-order chi connectivity index (χ1) is 11.1. The Kier molecular flexibility index (Phi) is 4.97. The molecule has 3 N–H and O–H groups in total. The molecule has 4 rings (SSSR count). The molecule has 3 heterocycles. The fraction of sp³-hybridized carbons (Fsp3) is 0.667. The zero-order chi connectivity index (χ0) is 16.4. The number of hydrogen-bond donors (Lipinski definition) is 2. The van der Waals surface area contributed by atoms with Crippen molar-refractivity contribution in [2.24, 2.45) is 5.92 Å².